The second kappa shape index (κ2) is 8.73. The summed E-state index contributed by atoms with van der Waals surface area (Å²) in [7, 11) is 3.41. The van der Waals surface area contributed by atoms with E-state index in [-0.39, 0.29) is 18.2 Å². The van der Waals surface area contributed by atoms with Crippen molar-refractivity contribution in [1.82, 2.24) is 9.78 Å². The molecule has 0 unspecified atom stereocenters. The summed E-state index contributed by atoms with van der Waals surface area (Å²) in [6.45, 7) is 3.96. The molecule has 0 fully saturated rings. The molecular formula is C23H23FN2O3. The van der Waals surface area contributed by atoms with Gasteiger partial charge in [0.15, 0.2) is 5.78 Å². The summed E-state index contributed by atoms with van der Waals surface area (Å²) in [6, 6.07) is 11.4. The second-order valence-corrected chi connectivity index (χ2v) is 6.68. The predicted molar refractivity (Wildman–Crippen MR) is 110 cm³/mol. The minimum Gasteiger partial charge on any atom is -0.496 e. The molecular weight excluding hydrogens is 371 g/mol. The first-order valence-corrected chi connectivity index (χ1v) is 9.17. The monoisotopic (exact) mass is 394 g/mol. The van der Waals surface area contributed by atoms with E-state index in [0.717, 1.165) is 16.8 Å². The van der Waals surface area contributed by atoms with Crippen molar-refractivity contribution in [3.8, 4) is 11.5 Å². The summed E-state index contributed by atoms with van der Waals surface area (Å²) in [6.07, 6.45) is 3.30. The molecule has 0 aliphatic heterocycles. The third kappa shape index (κ3) is 4.71. The number of carbonyl (C=O) groups is 1. The first-order chi connectivity index (χ1) is 13.9. The molecule has 150 valence electrons. The van der Waals surface area contributed by atoms with Crippen LogP contribution in [0.5, 0.6) is 11.5 Å². The summed E-state index contributed by atoms with van der Waals surface area (Å²) in [5, 5.41) is 4.29. The molecule has 0 aliphatic carbocycles. The number of methoxy groups -OCH3 is 1. The van der Waals surface area contributed by atoms with Crippen LogP contribution in [0.4, 0.5) is 4.39 Å². The molecule has 0 amide bonds. The Morgan fingerprint density at radius 1 is 1.17 bits per heavy atom. The molecule has 0 radical (unpaired) electrons. The summed E-state index contributed by atoms with van der Waals surface area (Å²) in [5.74, 6) is 0.834. The number of hydrogen-bond donors (Lipinski definition) is 0. The molecule has 0 saturated heterocycles. The number of ketones is 1. The van der Waals surface area contributed by atoms with Crippen molar-refractivity contribution in [2.24, 2.45) is 7.05 Å². The summed E-state index contributed by atoms with van der Waals surface area (Å²) >= 11 is 0. The molecule has 0 N–H and O–H groups in total. The largest absolute Gasteiger partial charge is 0.496 e. The van der Waals surface area contributed by atoms with Crippen LogP contribution in [0, 0.1) is 19.7 Å². The van der Waals surface area contributed by atoms with E-state index in [0.29, 0.717) is 22.8 Å². The molecule has 0 saturated carbocycles. The van der Waals surface area contributed by atoms with E-state index in [1.165, 1.54) is 12.1 Å². The highest BCUT2D eigenvalue weighted by Crippen LogP contribution is 2.23. The maximum absolute atomic E-state index is 13.0. The van der Waals surface area contributed by atoms with Crippen molar-refractivity contribution in [2.75, 3.05) is 7.11 Å². The lowest BCUT2D eigenvalue weighted by molar-refractivity contribution is 0.104. The third-order valence-corrected chi connectivity index (χ3v) is 4.70. The number of aryl methyl sites for hydroxylation is 2. The Morgan fingerprint density at radius 3 is 2.52 bits per heavy atom. The van der Waals surface area contributed by atoms with Gasteiger partial charge in [0, 0.05) is 18.3 Å². The zero-order valence-electron chi connectivity index (χ0n) is 16.9. The Labute approximate surface area is 169 Å². The number of aromatic nitrogens is 2. The number of nitrogens with zero attached hydrogens (tertiary/aromatic N) is 2. The molecule has 3 aromatic rings. The fourth-order valence-corrected chi connectivity index (χ4v) is 3.09. The highest BCUT2D eigenvalue weighted by atomic mass is 19.1. The molecule has 5 nitrogen and oxygen atoms in total. The highest BCUT2D eigenvalue weighted by Gasteiger charge is 2.15. The first-order valence-electron chi connectivity index (χ1n) is 9.17. The van der Waals surface area contributed by atoms with Crippen LogP contribution in [0.1, 0.15) is 32.9 Å². The molecule has 0 bridgehead atoms. The fourth-order valence-electron chi connectivity index (χ4n) is 3.09. The van der Waals surface area contributed by atoms with Crippen molar-refractivity contribution >= 4 is 11.9 Å². The Hall–Kier alpha value is -3.41. The average Bonchev–Trinajstić information content (AvgIpc) is 2.97. The molecule has 1 aromatic heterocycles. The number of allylic oxidation sites excluding steroid dienone is 1. The number of ether oxygens (including phenoxy) is 2. The lowest BCUT2D eigenvalue weighted by Crippen LogP contribution is -2.00. The Kier molecular flexibility index (Phi) is 6.12. The lowest BCUT2D eigenvalue weighted by Gasteiger charge is -2.11. The number of hydrogen-bond acceptors (Lipinski definition) is 4. The Morgan fingerprint density at radius 2 is 1.90 bits per heavy atom. The summed E-state index contributed by atoms with van der Waals surface area (Å²) in [4.78, 5) is 12.6. The Bertz CT molecular complexity index is 1050. The van der Waals surface area contributed by atoms with Crippen LogP contribution in [-0.2, 0) is 13.7 Å². The van der Waals surface area contributed by atoms with Crippen molar-refractivity contribution in [1.29, 1.82) is 0 Å². The van der Waals surface area contributed by atoms with Crippen LogP contribution in [0.2, 0.25) is 0 Å². The quantitative estimate of drug-likeness (QED) is 0.432. The standard InChI is InChI=1S/C23H23FN2O3/c1-15-23(16(2)26(3)25-15)21(27)11-5-17-6-12-22(28-4)18(13-17)14-29-20-9-7-19(24)8-10-20/h5-13H,14H2,1-4H3/b11-5+. The molecule has 0 spiro atoms. The zero-order valence-corrected chi connectivity index (χ0v) is 16.9. The smallest absolute Gasteiger partial charge is 0.189 e. The van der Waals surface area contributed by atoms with Gasteiger partial charge in [0.1, 0.15) is 23.9 Å². The van der Waals surface area contributed by atoms with Gasteiger partial charge in [-0.15, -0.1) is 0 Å². The predicted octanol–water partition coefficient (Wildman–Crippen LogP) is 4.66. The molecule has 2 aromatic carbocycles. The number of carbonyl (C=O) groups excluding carboxylic acids is 1. The number of benzene rings is 2. The summed E-state index contributed by atoms with van der Waals surface area (Å²) < 4.78 is 25.9. The Balaban J connectivity index is 1.77. The third-order valence-electron chi connectivity index (χ3n) is 4.70. The molecule has 0 aliphatic rings. The fraction of sp³-hybridized carbons (Fsp3) is 0.217. The van der Waals surface area contributed by atoms with E-state index in [2.05, 4.69) is 5.10 Å². The van der Waals surface area contributed by atoms with Crippen molar-refractivity contribution in [3.05, 3.63) is 82.4 Å². The minimum atomic E-state index is -0.314. The van der Waals surface area contributed by atoms with Crippen LogP contribution < -0.4 is 9.47 Å². The lowest BCUT2D eigenvalue weighted by atomic mass is 10.1. The van der Waals surface area contributed by atoms with Crippen molar-refractivity contribution < 1.29 is 18.7 Å². The second-order valence-electron chi connectivity index (χ2n) is 6.68. The van der Waals surface area contributed by atoms with Gasteiger partial charge in [0.25, 0.3) is 0 Å². The maximum Gasteiger partial charge on any atom is 0.189 e. The molecule has 29 heavy (non-hydrogen) atoms. The van der Waals surface area contributed by atoms with E-state index < -0.39 is 0 Å². The van der Waals surface area contributed by atoms with E-state index in [9.17, 15) is 9.18 Å². The number of rotatable bonds is 7. The minimum absolute atomic E-state index is 0.0898. The average molecular weight is 394 g/mol. The van der Waals surface area contributed by atoms with Crippen LogP contribution in [-0.4, -0.2) is 22.7 Å². The van der Waals surface area contributed by atoms with Crippen LogP contribution in [0.15, 0.2) is 48.5 Å². The van der Waals surface area contributed by atoms with E-state index in [1.807, 2.05) is 39.1 Å². The molecule has 1 heterocycles. The van der Waals surface area contributed by atoms with Gasteiger partial charge in [0.05, 0.1) is 18.4 Å². The van der Waals surface area contributed by atoms with E-state index >= 15 is 0 Å². The van der Waals surface area contributed by atoms with Gasteiger partial charge in [-0.2, -0.15) is 5.10 Å². The van der Waals surface area contributed by atoms with Gasteiger partial charge in [-0.25, -0.2) is 4.39 Å². The van der Waals surface area contributed by atoms with Gasteiger partial charge >= 0.3 is 0 Å². The first kappa shape index (κ1) is 20.3. The number of halogens is 1. The molecule has 0 atom stereocenters. The molecule has 3 rings (SSSR count). The topological polar surface area (TPSA) is 53.3 Å². The van der Waals surface area contributed by atoms with Gasteiger partial charge in [-0.05, 0) is 61.9 Å². The van der Waals surface area contributed by atoms with Crippen molar-refractivity contribution in [3.63, 3.8) is 0 Å². The van der Waals surface area contributed by atoms with Crippen LogP contribution in [0.3, 0.4) is 0 Å². The van der Waals surface area contributed by atoms with Crippen LogP contribution >= 0.6 is 0 Å². The zero-order chi connectivity index (χ0) is 21.0. The van der Waals surface area contributed by atoms with Crippen LogP contribution in [0.25, 0.3) is 6.08 Å². The highest BCUT2D eigenvalue weighted by molar-refractivity contribution is 6.08. The molecule has 6 heteroatoms. The van der Waals surface area contributed by atoms with Gasteiger partial charge in [0.2, 0.25) is 0 Å². The normalized spacial score (nSPS) is 11.1. The van der Waals surface area contributed by atoms with E-state index in [4.69, 9.17) is 9.47 Å². The van der Waals surface area contributed by atoms with Crippen molar-refractivity contribution in [2.45, 2.75) is 20.5 Å². The summed E-state index contributed by atoms with van der Waals surface area (Å²) in [5.41, 5.74) is 3.83. The van der Waals surface area contributed by atoms with Gasteiger partial charge < -0.3 is 9.47 Å². The SMILES string of the molecule is COc1ccc(/C=C/C(=O)c2c(C)nn(C)c2C)cc1COc1ccc(F)cc1. The van der Waals surface area contributed by atoms with Gasteiger partial charge in [-0.3, -0.25) is 9.48 Å². The maximum atomic E-state index is 13.0. The van der Waals surface area contributed by atoms with E-state index in [1.54, 1.807) is 36.1 Å². The van der Waals surface area contributed by atoms with Gasteiger partial charge in [-0.1, -0.05) is 12.1 Å².